The zero-order valence-corrected chi connectivity index (χ0v) is 15.9. The van der Waals surface area contributed by atoms with E-state index in [1.807, 2.05) is 50.5 Å². The molecule has 0 unspecified atom stereocenters. The Hall–Kier alpha value is -2.50. The van der Waals surface area contributed by atoms with Gasteiger partial charge in [-0.25, -0.2) is 4.99 Å². The van der Waals surface area contributed by atoms with Crippen molar-refractivity contribution in [1.29, 1.82) is 0 Å². The largest absolute Gasteiger partial charge is 0.350 e. The van der Waals surface area contributed by atoms with Crippen molar-refractivity contribution in [2.75, 3.05) is 0 Å². The number of amidine groups is 1. The average molecular weight is 382 g/mol. The Balaban J connectivity index is 1.66. The summed E-state index contributed by atoms with van der Waals surface area (Å²) >= 11 is 7.48. The molecule has 1 saturated heterocycles. The number of halogens is 1. The molecular weight excluding hydrogens is 366 g/mol. The highest BCUT2D eigenvalue weighted by atomic mass is 35.5. The van der Waals surface area contributed by atoms with Gasteiger partial charge in [0.25, 0.3) is 5.91 Å². The first-order valence-electron chi connectivity index (χ1n) is 8.11. The standard InChI is InChI=1S/C20H16ClN3OS/c1-12-7-8-14(10-16(12)21)22-20-23-19(25)18(26-20)9-13-11-24(2)17-6-4-3-5-15(13)17/h3-11H,1-2H3,(H,22,23,25)/b18-9+. The van der Waals surface area contributed by atoms with Gasteiger partial charge < -0.3 is 9.88 Å². The molecule has 1 N–H and O–H groups in total. The van der Waals surface area contributed by atoms with E-state index in [0.29, 0.717) is 15.1 Å². The van der Waals surface area contributed by atoms with E-state index >= 15 is 0 Å². The first-order chi connectivity index (χ1) is 12.5. The maximum absolute atomic E-state index is 12.3. The molecule has 0 bridgehead atoms. The van der Waals surface area contributed by atoms with Crippen molar-refractivity contribution in [3.63, 3.8) is 0 Å². The summed E-state index contributed by atoms with van der Waals surface area (Å²) < 4.78 is 2.06. The topological polar surface area (TPSA) is 46.4 Å². The van der Waals surface area contributed by atoms with Crippen LogP contribution in [-0.4, -0.2) is 15.6 Å². The summed E-state index contributed by atoms with van der Waals surface area (Å²) in [5.74, 6) is -0.139. The fourth-order valence-corrected chi connectivity index (χ4v) is 3.89. The van der Waals surface area contributed by atoms with Gasteiger partial charge in [-0.05, 0) is 48.5 Å². The number of aryl methyl sites for hydroxylation is 2. The number of nitrogens with zero attached hydrogens (tertiary/aromatic N) is 2. The molecule has 1 amide bonds. The average Bonchev–Trinajstić information content (AvgIpc) is 3.12. The van der Waals surface area contributed by atoms with Crippen LogP contribution in [0.15, 0.2) is 58.6 Å². The van der Waals surface area contributed by atoms with E-state index in [-0.39, 0.29) is 5.91 Å². The van der Waals surface area contributed by atoms with Crippen LogP contribution in [0.2, 0.25) is 5.02 Å². The van der Waals surface area contributed by atoms with Crippen molar-refractivity contribution in [3.8, 4) is 0 Å². The molecule has 0 aliphatic carbocycles. The summed E-state index contributed by atoms with van der Waals surface area (Å²) in [6.07, 6.45) is 3.94. The van der Waals surface area contributed by atoms with E-state index in [1.54, 1.807) is 6.07 Å². The minimum Gasteiger partial charge on any atom is -0.350 e. The second-order valence-corrected chi connectivity index (χ2v) is 7.57. The molecule has 6 heteroatoms. The van der Waals surface area contributed by atoms with Gasteiger partial charge in [-0.15, -0.1) is 0 Å². The maximum Gasteiger partial charge on any atom is 0.264 e. The smallest absolute Gasteiger partial charge is 0.264 e. The van der Waals surface area contributed by atoms with E-state index in [1.165, 1.54) is 11.8 Å². The number of para-hydroxylation sites is 1. The number of rotatable bonds is 2. The van der Waals surface area contributed by atoms with E-state index in [4.69, 9.17) is 11.6 Å². The lowest BCUT2D eigenvalue weighted by Crippen LogP contribution is -2.19. The summed E-state index contributed by atoms with van der Waals surface area (Å²) in [7, 11) is 2.00. The van der Waals surface area contributed by atoms with E-state index < -0.39 is 0 Å². The molecule has 4 rings (SSSR count). The minimum atomic E-state index is -0.139. The summed E-state index contributed by atoms with van der Waals surface area (Å²) in [4.78, 5) is 17.4. The highest BCUT2D eigenvalue weighted by Gasteiger charge is 2.24. The Labute approximate surface area is 160 Å². The monoisotopic (exact) mass is 381 g/mol. The Bertz CT molecular complexity index is 1100. The first kappa shape index (κ1) is 16.9. The number of aromatic nitrogens is 1. The number of fused-ring (bicyclic) bond motifs is 1. The number of aliphatic imine (C=N–C) groups is 1. The van der Waals surface area contributed by atoms with Gasteiger partial charge in [-0.2, -0.15) is 0 Å². The lowest BCUT2D eigenvalue weighted by molar-refractivity contribution is -0.115. The van der Waals surface area contributed by atoms with Gasteiger partial charge in [0.1, 0.15) is 0 Å². The Morgan fingerprint density at radius 2 is 2.04 bits per heavy atom. The van der Waals surface area contributed by atoms with Crippen LogP contribution in [0.25, 0.3) is 17.0 Å². The predicted molar refractivity (Wildman–Crippen MR) is 110 cm³/mol. The van der Waals surface area contributed by atoms with Gasteiger partial charge in [-0.1, -0.05) is 35.9 Å². The van der Waals surface area contributed by atoms with Crippen LogP contribution in [0.1, 0.15) is 11.1 Å². The molecule has 3 aromatic rings. The SMILES string of the molecule is Cc1ccc(N=C2NC(=O)/C(=C\c3cn(C)c4ccccc34)S2)cc1Cl. The number of carbonyl (C=O) groups excluding carboxylic acids is 1. The maximum atomic E-state index is 12.3. The number of hydrogen-bond acceptors (Lipinski definition) is 3. The number of nitrogens with one attached hydrogen (secondary N) is 1. The molecule has 0 saturated carbocycles. The second kappa shape index (κ2) is 6.67. The van der Waals surface area contributed by atoms with Crippen LogP contribution >= 0.6 is 23.4 Å². The minimum absolute atomic E-state index is 0.139. The molecule has 26 heavy (non-hydrogen) atoms. The third-order valence-corrected chi connectivity index (χ3v) is 5.57. The zero-order chi connectivity index (χ0) is 18.3. The van der Waals surface area contributed by atoms with Gasteiger partial charge in [0.05, 0.1) is 10.6 Å². The molecule has 1 fully saturated rings. The lowest BCUT2D eigenvalue weighted by atomic mass is 10.1. The third-order valence-electron chi connectivity index (χ3n) is 4.25. The fraction of sp³-hybridized carbons (Fsp3) is 0.100. The molecule has 2 aromatic carbocycles. The van der Waals surface area contributed by atoms with Crippen LogP contribution in [0.3, 0.4) is 0 Å². The quantitative estimate of drug-likeness (QED) is 0.632. The normalized spacial score (nSPS) is 17.4. The van der Waals surface area contributed by atoms with Gasteiger partial charge in [0.2, 0.25) is 0 Å². The number of carbonyl (C=O) groups is 1. The number of benzene rings is 2. The molecule has 0 radical (unpaired) electrons. The van der Waals surface area contributed by atoms with Crippen molar-refractivity contribution in [1.82, 2.24) is 9.88 Å². The molecule has 0 atom stereocenters. The van der Waals surface area contributed by atoms with Crippen LogP contribution in [0, 0.1) is 6.92 Å². The van der Waals surface area contributed by atoms with Gasteiger partial charge in [-0.3, -0.25) is 4.79 Å². The number of amides is 1. The van der Waals surface area contributed by atoms with Crippen molar-refractivity contribution in [3.05, 3.63) is 69.7 Å². The Morgan fingerprint density at radius 1 is 1.23 bits per heavy atom. The molecule has 1 aliphatic heterocycles. The van der Waals surface area contributed by atoms with Crippen molar-refractivity contribution < 1.29 is 4.79 Å². The molecule has 0 spiro atoms. The van der Waals surface area contributed by atoms with Crippen LogP contribution in [0.5, 0.6) is 0 Å². The van der Waals surface area contributed by atoms with Crippen molar-refractivity contribution >= 4 is 57.1 Å². The Morgan fingerprint density at radius 3 is 2.85 bits per heavy atom. The van der Waals surface area contributed by atoms with Gasteiger partial charge in [0.15, 0.2) is 5.17 Å². The number of hydrogen-bond donors (Lipinski definition) is 1. The molecule has 130 valence electrons. The van der Waals surface area contributed by atoms with Gasteiger partial charge >= 0.3 is 0 Å². The van der Waals surface area contributed by atoms with Crippen LogP contribution < -0.4 is 5.32 Å². The highest BCUT2D eigenvalue weighted by Crippen LogP contribution is 2.31. The third kappa shape index (κ3) is 3.16. The Kier molecular flexibility index (Phi) is 4.34. The van der Waals surface area contributed by atoms with Crippen molar-refractivity contribution in [2.45, 2.75) is 6.92 Å². The van der Waals surface area contributed by atoms with Crippen molar-refractivity contribution in [2.24, 2.45) is 12.0 Å². The zero-order valence-electron chi connectivity index (χ0n) is 14.3. The van der Waals surface area contributed by atoms with Crippen LogP contribution in [-0.2, 0) is 11.8 Å². The molecule has 2 heterocycles. The van der Waals surface area contributed by atoms with E-state index in [0.717, 1.165) is 27.7 Å². The molecule has 1 aliphatic rings. The predicted octanol–water partition coefficient (Wildman–Crippen LogP) is 5.03. The summed E-state index contributed by atoms with van der Waals surface area (Å²) in [6.45, 7) is 1.94. The summed E-state index contributed by atoms with van der Waals surface area (Å²) in [6, 6.07) is 13.7. The van der Waals surface area contributed by atoms with E-state index in [9.17, 15) is 4.79 Å². The molecular formula is C20H16ClN3OS. The summed E-state index contributed by atoms with van der Waals surface area (Å²) in [5.41, 5.74) is 3.86. The van der Waals surface area contributed by atoms with Gasteiger partial charge in [0, 0.05) is 34.7 Å². The second-order valence-electron chi connectivity index (χ2n) is 6.13. The highest BCUT2D eigenvalue weighted by molar-refractivity contribution is 8.18. The lowest BCUT2D eigenvalue weighted by Gasteiger charge is -2.00. The van der Waals surface area contributed by atoms with Crippen LogP contribution in [0.4, 0.5) is 5.69 Å². The first-order valence-corrected chi connectivity index (χ1v) is 9.30. The molecule has 4 nitrogen and oxygen atoms in total. The van der Waals surface area contributed by atoms with E-state index in [2.05, 4.69) is 27.0 Å². The summed E-state index contributed by atoms with van der Waals surface area (Å²) in [5, 5.41) is 5.15. The molecule has 1 aromatic heterocycles. The number of thioether (sulfide) groups is 1. The fourth-order valence-electron chi connectivity index (χ4n) is 2.88.